The molecule has 0 radical (unpaired) electrons. The smallest absolute Gasteiger partial charge is 0.0666 e. The molecule has 2 nitrogen and oxygen atoms in total. The van der Waals surface area contributed by atoms with Crippen molar-refractivity contribution < 1.29 is 4.74 Å². The van der Waals surface area contributed by atoms with Gasteiger partial charge in [0.25, 0.3) is 0 Å². The predicted molar refractivity (Wildman–Crippen MR) is 49.1 cm³/mol. The van der Waals surface area contributed by atoms with Crippen molar-refractivity contribution in [2.24, 2.45) is 5.73 Å². The molecule has 0 aromatic carbocycles. The molecule has 3 heteroatoms. The summed E-state index contributed by atoms with van der Waals surface area (Å²) < 4.78 is 5.60. The maximum absolute atomic E-state index is 5.81. The standard InChI is InChI=1S/C8H17NO.ClH/c1-3-8(2)6-7(9)4-5-10-8;/h7H,3-6,9H2,1-2H3;1H. The predicted octanol–water partition coefficient (Wildman–Crippen LogP) is 1.71. The van der Waals surface area contributed by atoms with Gasteiger partial charge in [-0.15, -0.1) is 12.4 Å². The molecule has 0 aromatic rings. The van der Waals surface area contributed by atoms with Crippen molar-refractivity contribution in [2.45, 2.75) is 44.8 Å². The van der Waals surface area contributed by atoms with E-state index in [0.29, 0.717) is 6.04 Å². The Hall–Kier alpha value is 0.210. The molecule has 11 heavy (non-hydrogen) atoms. The molecule has 1 saturated heterocycles. The summed E-state index contributed by atoms with van der Waals surface area (Å²) in [6.07, 6.45) is 3.11. The maximum Gasteiger partial charge on any atom is 0.0666 e. The van der Waals surface area contributed by atoms with E-state index in [1.54, 1.807) is 0 Å². The molecule has 1 aliphatic rings. The summed E-state index contributed by atoms with van der Waals surface area (Å²) in [4.78, 5) is 0. The van der Waals surface area contributed by atoms with Crippen LogP contribution >= 0.6 is 12.4 Å². The fraction of sp³-hybridized carbons (Fsp3) is 1.00. The Labute approximate surface area is 74.9 Å². The Morgan fingerprint density at radius 1 is 1.64 bits per heavy atom. The minimum Gasteiger partial charge on any atom is -0.375 e. The van der Waals surface area contributed by atoms with Crippen molar-refractivity contribution in [2.75, 3.05) is 6.61 Å². The van der Waals surface area contributed by atoms with Gasteiger partial charge in [-0.1, -0.05) is 6.92 Å². The number of nitrogens with two attached hydrogens (primary N) is 1. The zero-order chi connectivity index (χ0) is 7.61. The second-order valence-corrected chi connectivity index (χ2v) is 3.40. The lowest BCUT2D eigenvalue weighted by Gasteiger charge is -2.36. The molecule has 0 aromatic heterocycles. The average Bonchev–Trinajstić information content (AvgIpc) is 1.88. The van der Waals surface area contributed by atoms with Gasteiger partial charge < -0.3 is 10.5 Å². The third kappa shape index (κ3) is 2.97. The van der Waals surface area contributed by atoms with Gasteiger partial charge >= 0.3 is 0 Å². The molecule has 2 atom stereocenters. The number of ether oxygens (including phenoxy) is 1. The Morgan fingerprint density at radius 3 is 2.64 bits per heavy atom. The van der Waals surface area contributed by atoms with Crippen molar-refractivity contribution >= 4 is 12.4 Å². The van der Waals surface area contributed by atoms with Gasteiger partial charge in [-0.25, -0.2) is 0 Å². The van der Waals surface area contributed by atoms with Crippen LogP contribution < -0.4 is 5.73 Å². The first kappa shape index (κ1) is 11.2. The first-order valence-electron chi connectivity index (χ1n) is 4.06. The van der Waals surface area contributed by atoms with Crippen molar-refractivity contribution in [1.29, 1.82) is 0 Å². The van der Waals surface area contributed by atoms with Crippen LogP contribution in [0.25, 0.3) is 0 Å². The quantitative estimate of drug-likeness (QED) is 0.666. The normalized spacial score (nSPS) is 37.9. The lowest BCUT2D eigenvalue weighted by Crippen LogP contribution is -2.42. The average molecular weight is 180 g/mol. The first-order valence-corrected chi connectivity index (χ1v) is 4.06. The van der Waals surface area contributed by atoms with E-state index in [0.717, 1.165) is 25.9 Å². The summed E-state index contributed by atoms with van der Waals surface area (Å²) in [7, 11) is 0. The molecule has 0 spiro atoms. The van der Waals surface area contributed by atoms with Gasteiger partial charge in [-0.3, -0.25) is 0 Å². The second kappa shape index (κ2) is 4.29. The Morgan fingerprint density at radius 2 is 2.27 bits per heavy atom. The molecule has 68 valence electrons. The Balaban J connectivity index is 0.000001000. The molecule has 2 unspecified atom stereocenters. The zero-order valence-electron chi connectivity index (χ0n) is 7.30. The summed E-state index contributed by atoms with van der Waals surface area (Å²) in [5.74, 6) is 0. The minimum absolute atomic E-state index is 0. The van der Waals surface area contributed by atoms with E-state index in [1.165, 1.54) is 0 Å². The SMILES string of the molecule is CCC1(C)CC(N)CCO1.Cl. The Kier molecular flexibility index (Phi) is 4.37. The monoisotopic (exact) mass is 179 g/mol. The molecule has 1 heterocycles. The van der Waals surface area contributed by atoms with Crippen molar-refractivity contribution in [3.63, 3.8) is 0 Å². The molecule has 0 saturated carbocycles. The van der Waals surface area contributed by atoms with Gasteiger partial charge in [0.15, 0.2) is 0 Å². The van der Waals surface area contributed by atoms with Gasteiger partial charge in [-0.2, -0.15) is 0 Å². The van der Waals surface area contributed by atoms with E-state index in [4.69, 9.17) is 10.5 Å². The number of hydrogen-bond donors (Lipinski definition) is 1. The van der Waals surface area contributed by atoms with Crippen LogP contribution in [0, 0.1) is 0 Å². The van der Waals surface area contributed by atoms with Gasteiger partial charge in [0.1, 0.15) is 0 Å². The second-order valence-electron chi connectivity index (χ2n) is 3.40. The van der Waals surface area contributed by atoms with E-state index in [9.17, 15) is 0 Å². The summed E-state index contributed by atoms with van der Waals surface area (Å²) in [6, 6.07) is 0.360. The van der Waals surface area contributed by atoms with Gasteiger partial charge in [0.05, 0.1) is 5.60 Å². The summed E-state index contributed by atoms with van der Waals surface area (Å²) in [6.45, 7) is 5.13. The lowest BCUT2D eigenvalue weighted by molar-refractivity contribution is -0.0733. The van der Waals surface area contributed by atoms with Gasteiger partial charge in [0.2, 0.25) is 0 Å². The summed E-state index contributed by atoms with van der Waals surface area (Å²) in [5.41, 5.74) is 5.87. The molecule has 1 aliphatic heterocycles. The highest BCUT2D eigenvalue weighted by Crippen LogP contribution is 2.26. The van der Waals surface area contributed by atoms with Crippen molar-refractivity contribution in [3.8, 4) is 0 Å². The molecule has 1 fully saturated rings. The largest absolute Gasteiger partial charge is 0.375 e. The van der Waals surface area contributed by atoms with Gasteiger partial charge in [-0.05, 0) is 26.2 Å². The van der Waals surface area contributed by atoms with Crippen LogP contribution in [0.3, 0.4) is 0 Å². The van der Waals surface area contributed by atoms with E-state index in [1.807, 2.05) is 0 Å². The van der Waals surface area contributed by atoms with E-state index in [2.05, 4.69) is 13.8 Å². The molecule has 1 rings (SSSR count). The van der Waals surface area contributed by atoms with E-state index in [-0.39, 0.29) is 18.0 Å². The lowest BCUT2D eigenvalue weighted by atomic mass is 9.90. The fourth-order valence-corrected chi connectivity index (χ4v) is 1.42. The van der Waals surface area contributed by atoms with Crippen LogP contribution in [-0.2, 0) is 4.74 Å². The van der Waals surface area contributed by atoms with Crippen molar-refractivity contribution in [3.05, 3.63) is 0 Å². The Bertz CT molecular complexity index is 121. The van der Waals surface area contributed by atoms with E-state index < -0.39 is 0 Å². The first-order chi connectivity index (χ1) is 4.66. The highest BCUT2D eigenvalue weighted by molar-refractivity contribution is 5.85. The summed E-state index contributed by atoms with van der Waals surface area (Å²) >= 11 is 0. The fourth-order valence-electron chi connectivity index (χ4n) is 1.42. The summed E-state index contributed by atoms with van der Waals surface area (Å²) in [5, 5.41) is 0. The van der Waals surface area contributed by atoms with Crippen LogP contribution in [0.4, 0.5) is 0 Å². The zero-order valence-corrected chi connectivity index (χ0v) is 8.12. The molecule has 2 N–H and O–H groups in total. The molecule has 0 amide bonds. The van der Waals surface area contributed by atoms with Crippen LogP contribution in [0.2, 0.25) is 0 Å². The molecular weight excluding hydrogens is 162 g/mol. The molecule has 0 bridgehead atoms. The van der Waals surface area contributed by atoms with E-state index >= 15 is 0 Å². The maximum atomic E-state index is 5.81. The highest BCUT2D eigenvalue weighted by Gasteiger charge is 2.29. The highest BCUT2D eigenvalue weighted by atomic mass is 35.5. The minimum atomic E-state index is 0. The number of halogens is 1. The van der Waals surface area contributed by atoms with Crippen LogP contribution in [0.5, 0.6) is 0 Å². The number of hydrogen-bond acceptors (Lipinski definition) is 2. The molecule has 0 aliphatic carbocycles. The third-order valence-electron chi connectivity index (χ3n) is 2.38. The van der Waals surface area contributed by atoms with Gasteiger partial charge in [0, 0.05) is 12.6 Å². The van der Waals surface area contributed by atoms with Crippen molar-refractivity contribution in [1.82, 2.24) is 0 Å². The third-order valence-corrected chi connectivity index (χ3v) is 2.38. The molecular formula is C8H18ClNO. The van der Waals surface area contributed by atoms with Crippen LogP contribution in [-0.4, -0.2) is 18.2 Å². The van der Waals surface area contributed by atoms with Crippen LogP contribution in [0.1, 0.15) is 33.1 Å². The number of rotatable bonds is 1. The topological polar surface area (TPSA) is 35.2 Å². The van der Waals surface area contributed by atoms with Crippen LogP contribution in [0.15, 0.2) is 0 Å².